The molecule has 21 nitrogen and oxygen atoms in total. The smallest absolute Gasteiger partial charge is 0.267 e. The zero-order valence-electron chi connectivity index (χ0n) is 43.1. The van der Waals surface area contributed by atoms with Crippen molar-refractivity contribution in [3.05, 3.63) is 100 Å². The Hall–Kier alpha value is -6.94. The predicted molar refractivity (Wildman–Crippen MR) is 281 cm³/mol. The second-order valence-electron chi connectivity index (χ2n) is 18.6. The van der Waals surface area contributed by atoms with Crippen LogP contribution >= 0.6 is 11.3 Å². The normalized spacial score (nSPS) is 14.6. The highest BCUT2D eigenvalue weighted by Crippen LogP contribution is 2.42. The van der Waals surface area contributed by atoms with Crippen LogP contribution in [-0.2, 0) is 53.5 Å². The molecule has 0 spiro atoms. The number of halogens is 3. The largest absolute Gasteiger partial charge is 0.382 e. The van der Waals surface area contributed by atoms with Gasteiger partial charge in [-0.2, -0.15) is 0 Å². The Balaban J connectivity index is 0.709. The molecule has 0 saturated carbocycles. The summed E-state index contributed by atoms with van der Waals surface area (Å²) in [5.41, 5.74) is 0.345. The first-order valence-electron chi connectivity index (χ1n) is 25.0. The number of rotatable bonds is 30. The number of nitrogens with one attached hydrogen (secondary N) is 5. The summed E-state index contributed by atoms with van der Waals surface area (Å²) in [5.74, 6) is -5.85. The molecule has 26 heteroatoms. The summed E-state index contributed by atoms with van der Waals surface area (Å²) in [6.45, 7) is 10.1. The number of fused-ring (bicyclic) bond motifs is 1. The van der Waals surface area contributed by atoms with Crippen molar-refractivity contribution in [3.8, 4) is 21.8 Å². The minimum Gasteiger partial charge on any atom is -0.382 e. The number of hydrogen-bond acceptors (Lipinski definition) is 18. The van der Waals surface area contributed by atoms with Gasteiger partial charge in [-0.25, -0.2) is 36.5 Å². The average molecular weight is 1120 g/mol. The molecular weight excluding hydrogens is 1060 g/mol. The number of aromatic nitrogens is 3. The zero-order valence-corrected chi connectivity index (χ0v) is 44.7. The fraction of sp³-hybridized carbons (Fsp3) is 0.423. The van der Waals surface area contributed by atoms with Gasteiger partial charge in [0.1, 0.15) is 17.7 Å². The molecule has 5 amide bonds. The lowest BCUT2D eigenvalue weighted by atomic mass is 9.98. The Kier molecular flexibility index (Phi) is 20.8. The van der Waals surface area contributed by atoms with Crippen molar-refractivity contribution < 1.29 is 69.2 Å². The van der Waals surface area contributed by atoms with E-state index in [0.717, 1.165) is 29.2 Å². The van der Waals surface area contributed by atoms with Gasteiger partial charge in [0.05, 0.1) is 104 Å². The molecule has 78 heavy (non-hydrogen) atoms. The molecule has 7 rings (SSSR count). The van der Waals surface area contributed by atoms with Crippen LogP contribution in [0.1, 0.15) is 72.2 Å². The maximum atomic E-state index is 16.2. The third-order valence-corrected chi connectivity index (χ3v) is 14.7. The molecule has 3 aromatic carbocycles. The number of thiazole rings is 1. The predicted octanol–water partition coefficient (Wildman–Crippen LogP) is 5.69. The first kappa shape index (κ1) is 58.7. The fourth-order valence-electron chi connectivity index (χ4n) is 7.97. The molecule has 1 saturated heterocycles. The molecule has 1 atom stereocenters. The summed E-state index contributed by atoms with van der Waals surface area (Å²) < 4.78 is 101. The van der Waals surface area contributed by atoms with E-state index in [9.17, 15) is 41.2 Å². The van der Waals surface area contributed by atoms with Gasteiger partial charge in [0.25, 0.3) is 21.8 Å². The highest BCUT2D eigenvalue weighted by molar-refractivity contribution is 7.92. The minimum absolute atomic E-state index is 0.0410. The number of imide groups is 2. The van der Waals surface area contributed by atoms with E-state index < -0.39 is 73.1 Å². The summed E-state index contributed by atoms with van der Waals surface area (Å²) in [5, 5.41) is 11.9. The van der Waals surface area contributed by atoms with Gasteiger partial charge >= 0.3 is 0 Å². The number of ether oxygens (including phenoxy) is 5. The van der Waals surface area contributed by atoms with Gasteiger partial charge in [0.2, 0.25) is 23.7 Å². The van der Waals surface area contributed by atoms with Gasteiger partial charge in [0, 0.05) is 55.3 Å². The van der Waals surface area contributed by atoms with Crippen molar-refractivity contribution in [2.24, 2.45) is 0 Å². The molecule has 2 aliphatic rings. The van der Waals surface area contributed by atoms with Gasteiger partial charge in [-0.1, -0.05) is 39.0 Å². The molecule has 1 fully saturated rings. The third kappa shape index (κ3) is 15.4. The Labute approximate surface area is 452 Å². The molecule has 4 heterocycles. The summed E-state index contributed by atoms with van der Waals surface area (Å²) in [6, 6.07) is 12.0. The molecule has 5 aromatic rings. The first-order valence-corrected chi connectivity index (χ1v) is 27.3. The minimum atomic E-state index is -4.87. The van der Waals surface area contributed by atoms with Crippen molar-refractivity contribution in [3.63, 3.8) is 0 Å². The summed E-state index contributed by atoms with van der Waals surface area (Å²) in [4.78, 5) is 76.4. The average Bonchev–Trinajstić information content (AvgIpc) is 4.05. The Morgan fingerprint density at radius 3 is 2.01 bits per heavy atom. The molecule has 2 aromatic heterocycles. The van der Waals surface area contributed by atoms with Gasteiger partial charge in [-0.15, -0.1) is 11.3 Å². The van der Waals surface area contributed by atoms with Crippen LogP contribution in [0.15, 0.2) is 71.8 Å². The van der Waals surface area contributed by atoms with Crippen LogP contribution in [0.4, 0.5) is 30.5 Å². The van der Waals surface area contributed by atoms with Crippen LogP contribution in [0, 0.1) is 17.5 Å². The third-order valence-electron chi connectivity index (χ3n) is 11.8. The summed E-state index contributed by atoms with van der Waals surface area (Å²) in [7, 11) is -4.87. The van der Waals surface area contributed by atoms with Crippen molar-refractivity contribution in [2.45, 2.75) is 62.8 Å². The van der Waals surface area contributed by atoms with Crippen LogP contribution in [0.3, 0.4) is 0 Å². The Morgan fingerprint density at radius 1 is 0.744 bits per heavy atom. The van der Waals surface area contributed by atoms with E-state index in [0.29, 0.717) is 107 Å². The highest BCUT2D eigenvalue weighted by atomic mass is 32.2. The number of piperidine rings is 1. The molecule has 418 valence electrons. The fourth-order valence-corrected chi connectivity index (χ4v) is 10.3. The van der Waals surface area contributed by atoms with Crippen molar-refractivity contribution in [2.75, 3.05) is 101 Å². The Bertz CT molecular complexity index is 3050. The van der Waals surface area contributed by atoms with E-state index >= 15 is 4.39 Å². The van der Waals surface area contributed by atoms with Gasteiger partial charge in [-0.05, 0) is 55.3 Å². The number of nitrogens with zero attached hydrogens (tertiary/aromatic N) is 4. The Morgan fingerprint density at radius 2 is 1.36 bits per heavy atom. The van der Waals surface area contributed by atoms with Crippen LogP contribution in [-0.4, -0.2) is 150 Å². The molecule has 2 aliphatic heterocycles. The summed E-state index contributed by atoms with van der Waals surface area (Å²) >= 11 is 1.28. The van der Waals surface area contributed by atoms with E-state index in [2.05, 4.69) is 31.2 Å². The van der Waals surface area contributed by atoms with Gasteiger partial charge in [0.15, 0.2) is 10.7 Å². The van der Waals surface area contributed by atoms with Crippen LogP contribution in [0.2, 0.25) is 0 Å². The second-order valence-corrected chi connectivity index (χ2v) is 21.2. The van der Waals surface area contributed by atoms with E-state index in [1.807, 2.05) is 25.5 Å². The number of amides is 5. The van der Waals surface area contributed by atoms with E-state index in [1.54, 1.807) is 18.2 Å². The quantitative estimate of drug-likeness (QED) is 0.0273. The number of sulfonamides is 1. The van der Waals surface area contributed by atoms with Crippen LogP contribution in [0.5, 0.6) is 0 Å². The molecule has 1 unspecified atom stereocenters. The lowest BCUT2D eigenvalue weighted by Gasteiger charge is -2.27. The van der Waals surface area contributed by atoms with Crippen LogP contribution < -0.4 is 26.0 Å². The summed E-state index contributed by atoms with van der Waals surface area (Å²) in [6.07, 6.45) is 2.34. The van der Waals surface area contributed by atoms with E-state index in [4.69, 9.17) is 28.7 Å². The monoisotopic (exact) mass is 1120 g/mol. The maximum absolute atomic E-state index is 16.2. The van der Waals surface area contributed by atoms with E-state index in [-0.39, 0.29) is 60.1 Å². The SMILES string of the molecule is CC(C)(C)c1nc(-c2cccc(NS(=O)(=O)c3c(F)cccc3F)c2F)c(-c2ccnc(NCCCNC(=O)CCOCCOCCOCCOCCOCCNc3cccc4c3C(=O)N(C3CCC(=O)NC3=O)C4=O)n2)s1. The van der Waals surface area contributed by atoms with Gasteiger partial charge in [-0.3, -0.25) is 38.9 Å². The van der Waals surface area contributed by atoms with Crippen molar-refractivity contribution in [1.29, 1.82) is 0 Å². The molecule has 0 bridgehead atoms. The van der Waals surface area contributed by atoms with Crippen LogP contribution in [0.25, 0.3) is 21.8 Å². The topological polar surface area (TPSA) is 268 Å². The molecule has 5 N–H and O–H groups in total. The number of carbonyl (C=O) groups is 5. The number of anilines is 3. The standard InChI is InChI=1S/C52H60F3N9O12S2/c1-52(2,3)50-62-44(33-9-5-13-37(43(33)55)63-78(70,71)46-34(53)10-6-11-35(46)54)45(77-50)38-16-20-59-51(60-38)58-19-7-18-57-40(65)17-22-72-24-26-74-28-30-76-31-29-75-27-25-73-23-21-56-36-12-4-8-32-42(36)49(69)64(48(32)68)39-14-15-41(66)61-47(39)67/h4-6,8-13,16,20,39,56,63H,7,14-15,17-19,21-31H2,1-3H3,(H,57,65)(H,58,59,60)(H,61,66,67). The number of carbonyl (C=O) groups excluding carboxylic acids is 5. The maximum Gasteiger partial charge on any atom is 0.267 e. The molecular formula is C52H60F3N9O12S2. The zero-order chi connectivity index (χ0) is 55.8. The van der Waals surface area contributed by atoms with Crippen molar-refractivity contribution in [1.82, 2.24) is 30.5 Å². The van der Waals surface area contributed by atoms with Gasteiger partial charge < -0.3 is 39.6 Å². The molecule has 0 radical (unpaired) electrons. The lowest BCUT2D eigenvalue weighted by Crippen LogP contribution is -2.54. The number of hydrogen-bond donors (Lipinski definition) is 5. The molecule has 0 aliphatic carbocycles. The van der Waals surface area contributed by atoms with Crippen molar-refractivity contribution >= 4 is 68.2 Å². The van der Waals surface area contributed by atoms with E-state index in [1.165, 1.54) is 35.7 Å². The lowest BCUT2D eigenvalue weighted by molar-refractivity contribution is -0.136. The first-order chi connectivity index (χ1) is 37.4. The number of benzene rings is 3. The second kappa shape index (κ2) is 27.6. The highest BCUT2D eigenvalue weighted by Gasteiger charge is 2.45.